The molecule has 1 aliphatic heterocycles. The van der Waals surface area contributed by atoms with Crippen LogP contribution in [0, 0.1) is 0 Å². The molecule has 0 aliphatic carbocycles. The first-order chi connectivity index (χ1) is 9.38. The first-order valence-corrected chi connectivity index (χ1v) is 5.80. The minimum absolute atomic E-state index is 0.368. The van der Waals surface area contributed by atoms with Crippen LogP contribution in [0.25, 0.3) is 5.76 Å². The second kappa shape index (κ2) is 4.86. The van der Waals surface area contributed by atoms with Gasteiger partial charge in [0.25, 0.3) is 0 Å². The number of hydrogen-bond acceptors (Lipinski definition) is 4. The summed E-state index contributed by atoms with van der Waals surface area (Å²) in [6, 6.07) is 16.9. The fraction of sp³-hybridized carbons (Fsp3) is 0. The van der Waals surface area contributed by atoms with Gasteiger partial charge in [0.1, 0.15) is 6.21 Å². The fourth-order valence-electron chi connectivity index (χ4n) is 1.87. The number of fused-ring (bicyclic) bond motifs is 1. The molecule has 3 rings (SSSR count). The standard InChI is InChI=1S/C15H11NO3/c17-16-10-14-15(11-6-2-1-3-7-11)19-13-9-5-4-8-12(13)18-14/h1-10,17H/b16-10-. The molecular weight excluding hydrogens is 242 g/mol. The minimum Gasteiger partial charge on any atom is -0.449 e. The second-order valence-corrected chi connectivity index (χ2v) is 3.95. The summed E-state index contributed by atoms with van der Waals surface area (Å²) >= 11 is 0. The Morgan fingerprint density at radius 2 is 1.47 bits per heavy atom. The van der Waals surface area contributed by atoms with E-state index in [2.05, 4.69) is 5.16 Å². The van der Waals surface area contributed by atoms with E-state index >= 15 is 0 Å². The van der Waals surface area contributed by atoms with E-state index in [1.54, 1.807) is 6.07 Å². The first kappa shape index (κ1) is 11.3. The van der Waals surface area contributed by atoms with Crippen molar-refractivity contribution >= 4 is 12.0 Å². The van der Waals surface area contributed by atoms with Gasteiger partial charge in [-0.05, 0) is 12.1 Å². The fourth-order valence-corrected chi connectivity index (χ4v) is 1.87. The molecule has 19 heavy (non-hydrogen) atoms. The van der Waals surface area contributed by atoms with Crippen LogP contribution in [0.3, 0.4) is 0 Å². The minimum atomic E-state index is 0.368. The number of benzene rings is 2. The molecule has 0 radical (unpaired) electrons. The summed E-state index contributed by atoms with van der Waals surface area (Å²) in [5.74, 6) is 2.12. The predicted octanol–water partition coefficient (Wildman–Crippen LogP) is 3.29. The van der Waals surface area contributed by atoms with Crippen LogP contribution in [-0.2, 0) is 0 Å². The van der Waals surface area contributed by atoms with Gasteiger partial charge >= 0.3 is 0 Å². The Morgan fingerprint density at radius 1 is 0.842 bits per heavy atom. The highest BCUT2D eigenvalue weighted by atomic mass is 16.6. The zero-order valence-electron chi connectivity index (χ0n) is 9.98. The van der Waals surface area contributed by atoms with Crippen LogP contribution in [0.1, 0.15) is 5.56 Å². The lowest BCUT2D eigenvalue weighted by atomic mass is 10.1. The Balaban J connectivity index is 2.09. The van der Waals surface area contributed by atoms with Crippen LogP contribution in [-0.4, -0.2) is 11.4 Å². The lowest BCUT2D eigenvalue weighted by Gasteiger charge is -2.21. The van der Waals surface area contributed by atoms with Gasteiger partial charge < -0.3 is 14.7 Å². The Hall–Kier alpha value is -2.75. The number of rotatable bonds is 2. The third kappa shape index (κ3) is 2.15. The molecule has 0 unspecified atom stereocenters. The quantitative estimate of drug-likeness (QED) is 0.507. The summed E-state index contributed by atoms with van der Waals surface area (Å²) in [6.45, 7) is 0. The molecule has 0 bridgehead atoms. The van der Waals surface area contributed by atoms with Crippen molar-refractivity contribution in [3.63, 3.8) is 0 Å². The molecule has 0 atom stereocenters. The molecule has 4 heteroatoms. The highest BCUT2D eigenvalue weighted by Gasteiger charge is 2.21. The van der Waals surface area contributed by atoms with Gasteiger partial charge in [0.05, 0.1) is 0 Å². The Kier molecular flexibility index (Phi) is 2.90. The molecule has 1 N–H and O–H groups in total. The molecule has 0 saturated heterocycles. The Labute approximate surface area is 110 Å². The van der Waals surface area contributed by atoms with Crippen molar-refractivity contribution in [2.24, 2.45) is 5.16 Å². The van der Waals surface area contributed by atoms with Crippen LogP contribution in [0.2, 0.25) is 0 Å². The van der Waals surface area contributed by atoms with Crippen LogP contribution in [0.5, 0.6) is 11.5 Å². The van der Waals surface area contributed by atoms with E-state index in [0.29, 0.717) is 23.0 Å². The molecule has 0 aromatic heterocycles. The van der Waals surface area contributed by atoms with Gasteiger partial charge in [-0.1, -0.05) is 47.6 Å². The molecule has 2 aromatic rings. The van der Waals surface area contributed by atoms with E-state index in [1.807, 2.05) is 48.5 Å². The highest BCUT2D eigenvalue weighted by Crippen LogP contribution is 2.37. The zero-order chi connectivity index (χ0) is 13.1. The monoisotopic (exact) mass is 253 g/mol. The number of hydrogen-bond donors (Lipinski definition) is 1. The van der Waals surface area contributed by atoms with Crippen molar-refractivity contribution in [2.75, 3.05) is 0 Å². The average Bonchev–Trinajstić information content (AvgIpc) is 2.48. The van der Waals surface area contributed by atoms with Crippen molar-refractivity contribution in [2.45, 2.75) is 0 Å². The largest absolute Gasteiger partial charge is 0.449 e. The van der Waals surface area contributed by atoms with Crippen LogP contribution < -0.4 is 9.47 Å². The van der Waals surface area contributed by atoms with E-state index in [4.69, 9.17) is 14.7 Å². The molecule has 0 fully saturated rings. The molecular formula is C15H11NO3. The summed E-state index contributed by atoms with van der Waals surface area (Å²) in [7, 11) is 0. The highest BCUT2D eigenvalue weighted by molar-refractivity contribution is 5.88. The first-order valence-electron chi connectivity index (χ1n) is 5.80. The van der Waals surface area contributed by atoms with Crippen molar-refractivity contribution in [1.82, 2.24) is 0 Å². The van der Waals surface area contributed by atoms with Crippen LogP contribution in [0.4, 0.5) is 0 Å². The van der Waals surface area contributed by atoms with E-state index in [0.717, 1.165) is 5.56 Å². The van der Waals surface area contributed by atoms with E-state index in [9.17, 15) is 0 Å². The summed E-state index contributed by atoms with van der Waals surface area (Å²) in [5.41, 5.74) is 0.854. The summed E-state index contributed by atoms with van der Waals surface area (Å²) < 4.78 is 11.5. The van der Waals surface area contributed by atoms with E-state index < -0.39 is 0 Å². The van der Waals surface area contributed by atoms with Crippen molar-refractivity contribution in [1.29, 1.82) is 0 Å². The van der Waals surface area contributed by atoms with Gasteiger partial charge in [-0.3, -0.25) is 0 Å². The summed E-state index contributed by atoms with van der Waals surface area (Å²) in [5, 5.41) is 11.8. The van der Waals surface area contributed by atoms with Gasteiger partial charge in [0.15, 0.2) is 23.0 Å². The Morgan fingerprint density at radius 3 is 2.16 bits per heavy atom. The molecule has 4 nitrogen and oxygen atoms in total. The molecule has 0 saturated carbocycles. The molecule has 2 aromatic carbocycles. The van der Waals surface area contributed by atoms with E-state index in [1.165, 1.54) is 6.21 Å². The van der Waals surface area contributed by atoms with Crippen LogP contribution >= 0.6 is 0 Å². The summed E-state index contributed by atoms with van der Waals surface area (Å²) in [6.07, 6.45) is 1.22. The third-order valence-electron chi connectivity index (χ3n) is 2.72. The van der Waals surface area contributed by atoms with E-state index in [-0.39, 0.29) is 0 Å². The van der Waals surface area contributed by atoms with Crippen molar-refractivity contribution in [3.8, 4) is 11.5 Å². The van der Waals surface area contributed by atoms with Gasteiger partial charge in [0.2, 0.25) is 0 Å². The second-order valence-electron chi connectivity index (χ2n) is 3.95. The summed E-state index contributed by atoms with van der Waals surface area (Å²) in [4.78, 5) is 0. The number of allylic oxidation sites excluding steroid dienone is 1. The maximum absolute atomic E-state index is 8.73. The Bertz CT molecular complexity index is 647. The zero-order valence-corrected chi connectivity index (χ0v) is 9.98. The van der Waals surface area contributed by atoms with Crippen molar-refractivity contribution in [3.05, 3.63) is 65.9 Å². The maximum atomic E-state index is 8.73. The molecule has 94 valence electrons. The van der Waals surface area contributed by atoms with Gasteiger partial charge in [-0.15, -0.1) is 0 Å². The maximum Gasteiger partial charge on any atom is 0.192 e. The SMILES string of the molecule is O/N=C\C1=C(c2ccccc2)Oc2ccccc2O1. The topological polar surface area (TPSA) is 51.1 Å². The van der Waals surface area contributed by atoms with Gasteiger partial charge in [-0.25, -0.2) is 0 Å². The van der Waals surface area contributed by atoms with Crippen LogP contribution in [0.15, 0.2) is 65.5 Å². The number of para-hydroxylation sites is 2. The molecule has 1 aliphatic rings. The average molecular weight is 253 g/mol. The smallest absolute Gasteiger partial charge is 0.192 e. The lowest BCUT2D eigenvalue weighted by molar-refractivity contribution is 0.315. The molecule has 0 amide bonds. The molecule has 1 heterocycles. The third-order valence-corrected chi connectivity index (χ3v) is 2.72. The number of nitrogens with zero attached hydrogens (tertiary/aromatic N) is 1. The van der Waals surface area contributed by atoms with Gasteiger partial charge in [-0.2, -0.15) is 0 Å². The lowest BCUT2D eigenvalue weighted by Crippen LogP contribution is -2.12. The number of oxime groups is 1. The predicted molar refractivity (Wildman–Crippen MR) is 71.3 cm³/mol. The normalized spacial score (nSPS) is 13.9. The van der Waals surface area contributed by atoms with Crippen molar-refractivity contribution < 1.29 is 14.7 Å². The number of ether oxygens (including phenoxy) is 2. The molecule has 0 spiro atoms. The van der Waals surface area contributed by atoms with Gasteiger partial charge in [0, 0.05) is 5.56 Å².